The summed E-state index contributed by atoms with van der Waals surface area (Å²) in [5.74, 6) is 0.613. The van der Waals surface area contributed by atoms with Crippen molar-refractivity contribution in [2.75, 3.05) is 0 Å². The average molecular weight is 367 g/mol. The molecule has 0 unspecified atom stereocenters. The summed E-state index contributed by atoms with van der Waals surface area (Å²) in [6, 6.07) is 12.2. The molecule has 1 atom stereocenters. The molecule has 0 bridgehead atoms. The highest BCUT2D eigenvalue weighted by Gasteiger charge is 2.33. The van der Waals surface area contributed by atoms with Gasteiger partial charge in [-0.25, -0.2) is 0 Å². The van der Waals surface area contributed by atoms with Crippen molar-refractivity contribution in [3.8, 4) is 5.75 Å². The first-order chi connectivity index (χ1) is 8.94. The first kappa shape index (κ1) is 14.3. The first-order valence-electron chi connectivity index (χ1n) is 6.36. The Hall–Kier alpha value is -1.10. The van der Waals surface area contributed by atoms with Crippen LogP contribution in [0.2, 0.25) is 0 Å². The lowest BCUT2D eigenvalue weighted by Gasteiger charge is -2.34. The fourth-order valence-electron chi connectivity index (χ4n) is 2.27. The highest BCUT2D eigenvalue weighted by Crippen LogP contribution is 2.38. The molecule has 0 saturated heterocycles. The second kappa shape index (κ2) is 5.49. The summed E-state index contributed by atoms with van der Waals surface area (Å²) in [6.07, 6.45) is 1.52. The Morgan fingerprint density at radius 3 is 2.21 bits per heavy atom. The third-order valence-electron chi connectivity index (χ3n) is 3.88. The third kappa shape index (κ3) is 2.76. The van der Waals surface area contributed by atoms with E-state index >= 15 is 0 Å². The molecule has 2 rings (SSSR count). The number of pyridine rings is 1. The van der Waals surface area contributed by atoms with E-state index in [2.05, 4.69) is 72.6 Å². The number of aromatic hydroxyl groups is 1. The van der Waals surface area contributed by atoms with Gasteiger partial charge in [-0.15, -0.1) is 0 Å². The predicted molar refractivity (Wildman–Crippen MR) is 86.4 cm³/mol. The van der Waals surface area contributed by atoms with Crippen LogP contribution >= 0.6 is 22.6 Å². The van der Waals surface area contributed by atoms with E-state index in [0.717, 1.165) is 5.69 Å². The molecule has 0 fully saturated rings. The third-order valence-corrected chi connectivity index (χ3v) is 4.60. The van der Waals surface area contributed by atoms with E-state index in [9.17, 15) is 5.11 Å². The highest BCUT2D eigenvalue weighted by molar-refractivity contribution is 14.1. The van der Waals surface area contributed by atoms with Crippen LogP contribution in [0.25, 0.3) is 0 Å². The van der Waals surface area contributed by atoms with Crippen LogP contribution in [0.5, 0.6) is 5.75 Å². The zero-order chi connectivity index (χ0) is 14.0. The van der Waals surface area contributed by atoms with Gasteiger partial charge < -0.3 is 5.11 Å². The van der Waals surface area contributed by atoms with Crippen molar-refractivity contribution in [3.63, 3.8) is 0 Å². The summed E-state index contributed by atoms with van der Waals surface area (Å²) in [7, 11) is 0. The molecule has 0 amide bonds. The van der Waals surface area contributed by atoms with Crippen LogP contribution in [-0.2, 0) is 5.41 Å². The van der Waals surface area contributed by atoms with Gasteiger partial charge in [0, 0.05) is 8.99 Å². The smallest absolute Gasteiger partial charge is 0.133 e. The van der Waals surface area contributed by atoms with Crippen molar-refractivity contribution < 1.29 is 5.11 Å². The quantitative estimate of drug-likeness (QED) is 0.818. The molecule has 0 saturated carbocycles. The maximum absolute atomic E-state index is 9.40. The van der Waals surface area contributed by atoms with Crippen LogP contribution in [0.4, 0.5) is 0 Å². The lowest BCUT2D eigenvalue weighted by Crippen LogP contribution is -2.31. The molecule has 2 nitrogen and oxygen atoms in total. The van der Waals surface area contributed by atoms with Crippen molar-refractivity contribution in [1.29, 1.82) is 0 Å². The number of nitrogens with zero attached hydrogens (tertiary/aromatic N) is 1. The molecule has 0 radical (unpaired) electrons. The van der Waals surface area contributed by atoms with Gasteiger partial charge in [-0.3, -0.25) is 4.98 Å². The maximum Gasteiger partial charge on any atom is 0.133 e. The lowest BCUT2D eigenvalue weighted by atomic mass is 9.71. The van der Waals surface area contributed by atoms with Gasteiger partial charge in [-0.05, 0) is 65.3 Å². The monoisotopic (exact) mass is 367 g/mol. The summed E-state index contributed by atoms with van der Waals surface area (Å²) < 4.78 is 1.23. The summed E-state index contributed by atoms with van der Waals surface area (Å²) in [5.41, 5.74) is 2.08. The van der Waals surface area contributed by atoms with Crippen LogP contribution in [0.15, 0.2) is 42.6 Å². The molecule has 1 heterocycles. The number of halogens is 1. The van der Waals surface area contributed by atoms with Gasteiger partial charge in [-0.2, -0.15) is 0 Å². The van der Waals surface area contributed by atoms with Gasteiger partial charge in [0.05, 0.1) is 11.9 Å². The van der Waals surface area contributed by atoms with Gasteiger partial charge in [0.25, 0.3) is 0 Å². The van der Waals surface area contributed by atoms with Crippen molar-refractivity contribution in [2.24, 2.45) is 5.92 Å². The lowest BCUT2D eigenvalue weighted by molar-refractivity contribution is 0.392. The molecular weight excluding hydrogens is 349 g/mol. The number of benzene rings is 1. The minimum absolute atomic E-state index is 0.155. The molecule has 19 heavy (non-hydrogen) atoms. The first-order valence-corrected chi connectivity index (χ1v) is 7.44. The van der Waals surface area contributed by atoms with Gasteiger partial charge in [0.15, 0.2) is 0 Å². The molecule has 0 aliphatic carbocycles. The van der Waals surface area contributed by atoms with Crippen molar-refractivity contribution >= 4 is 22.6 Å². The predicted octanol–water partition coefficient (Wildman–Crippen LogP) is 4.35. The molecule has 0 aliphatic heterocycles. The van der Waals surface area contributed by atoms with Gasteiger partial charge in [0.1, 0.15) is 5.75 Å². The van der Waals surface area contributed by atoms with Gasteiger partial charge in [0.2, 0.25) is 0 Å². The normalized spacial score (nSPS) is 14.4. The zero-order valence-electron chi connectivity index (χ0n) is 11.4. The summed E-state index contributed by atoms with van der Waals surface area (Å²) in [4.78, 5) is 4.42. The molecule has 2 aromatic rings. The standard InChI is InChI=1S/C16H18INO/c1-11(2)16(3,12-4-6-13(17)7-5-12)15-9-8-14(19)10-18-15/h4-11,19H,1-3H3/t16-/m0/s1. The van der Waals surface area contributed by atoms with Crippen LogP contribution in [0.3, 0.4) is 0 Å². The van der Waals surface area contributed by atoms with E-state index in [4.69, 9.17) is 0 Å². The minimum atomic E-state index is -0.155. The number of hydrogen-bond donors (Lipinski definition) is 1. The Morgan fingerprint density at radius 1 is 1.11 bits per heavy atom. The summed E-state index contributed by atoms with van der Waals surface area (Å²) in [6.45, 7) is 6.61. The number of aromatic nitrogens is 1. The van der Waals surface area contributed by atoms with E-state index in [0.29, 0.717) is 5.92 Å². The molecular formula is C16H18INO. The molecule has 3 heteroatoms. The number of rotatable bonds is 3. The Kier molecular flexibility index (Phi) is 4.13. The van der Waals surface area contributed by atoms with Crippen molar-refractivity contribution in [3.05, 3.63) is 57.4 Å². The maximum atomic E-state index is 9.40. The van der Waals surface area contributed by atoms with Crippen LogP contribution in [-0.4, -0.2) is 10.1 Å². The van der Waals surface area contributed by atoms with E-state index in [1.807, 2.05) is 6.07 Å². The van der Waals surface area contributed by atoms with E-state index in [1.165, 1.54) is 15.3 Å². The Morgan fingerprint density at radius 2 is 1.74 bits per heavy atom. The Labute approximate surface area is 128 Å². The fraction of sp³-hybridized carbons (Fsp3) is 0.312. The zero-order valence-corrected chi connectivity index (χ0v) is 13.5. The fourth-order valence-corrected chi connectivity index (χ4v) is 2.63. The largest absolute Gasteiger partial charge is 0.506 e. The average Bonchev–Trinajstić information content (AvgIpc) is 2.39. The van der Waals surface area contributed by atoms with Crippen LogP contribution in [0, 0.1) is 9.49 Å². The second-order valence-corrected chi connectivity index (χ2v) is 6.51. The van der Waals surface area contributed by atoms with Crippen LogP contribution < -0.4 is 0 Å². The topological polar surface area (TPSA) is 33.1 Å². The molecule has 0 aliphatic rings. The van der Waals surface area contributed by atoms with E-state index < -0.39 is 0 Å². The SMILES string of the molecule is CC(C)[C@@](C)(c1ccc(I)cc1)c1ccc(O)cn1. The van der Waals surface area contributed by atoms with Crippen molar-refractivity contribution in [1.82, 2.24) is 4.98 Å². The van der Waals surface area contributed by atoms with Crippen molar-refractivity contribution in [2.45, 2.75) is 26.2 Å². The van der Waals surface area contributed by atoms with Crippen LogP contribution in [0.1, 0.15) is 32.0 Å². The van der Waals surface area contributed by atoms with E-state index in [1.54, 1.807) is 6.07 Å². The van der Waals surface area contributed by atoms with E-state index in [-0.39, 0.29) is 11.2 Å². The number of hydrogen-bond acceptors (Lipinski definition) is 2. The highest BCUT2D eigenvalue weighted by atomic mass is 127. The minimum Gasteiger partial charge on any atom is -0.506 e. The molecule has 0 spiro atoms. The Bertz CT molecular complexity index is 500. The molecule has 1 aromatic carbocycles. The summed E-state index contributed by atoms with van der Waals surface area (Å²) >= 11 is 2.31. The van der Waals surface area contributed by atoms with Gasteiger partial charge in [-0.1, -0.05) is 26.0 Å². The molecule has 1 aromatic heterocycles. The molecule has 100 valence electrons. The Balaban J connectivity index is 2.54. The van der Waals surface area contributed by atoms with Gasteiger partial charge >= 0.3 is 0 Å². The summed E-state index contributed by atoms with van der Waals surface area (Å²) in [5, 5.41) is 9.40. The second-order valence-electron chi connectivity index (χ2n) is 5.27. The molecule has 1 N–H and O–H groups in total.